The van der Waals surface area contributed by atoms with Gasteiger partial charge >= 0.3 is 0 Å². The van der Waals surface area contributed by atoms with Crippen molar-refractivity contribution in [3.63, 3.8) is 0 Å². The van der Waals surface area contributed by atoms with Gasteiger partial charge in [0.15, 0.2) is 0 Å². The van der Waals surface area contributed by atoms with Crippen molar-refractivity contribution in [2.75, 3.05) is 11.4 Å². The van der Waals surface area contributed by atoms with Crippen LogP contribution in [0, 0.1) is 0 Å². The monoisotopic (exact) mass is 279 g/mol. The summed E-state index contributed by atoms with van der Waals surface area (Å²) in [5.74, 6) is -0.408. The molecule has 1 aromatic rings. The van der Waals surface area contributed by atoms with E-state index in [0.29, 0.717) is 16.3 Å². The first kappa shape index (κ1) is 12.4. The van der Waals surface area contributed by atoms with Gasteiger partial charge in [-0.05, 0) is 31.0 Å². The summed E-state index contributed by atoms with van der Waals surface area (Å²) in [6.45, 7) is 0.0116. The molecular weight excluding hydrogens is 266 g/mol. The van der Waals surface area contributed by atoms with E-state index in [-0.39, 0.29) is 24.4 Å². The average molecular weight is 280 g/mol. The predicted octanol–water partition coefficient (Wildman–Crippen LogP) is 0.965. The maximum absolute atomic E-state index is 12.1. The van der Waals surface area contributed by atoms with Crippen molar-refractivity contribution in [3.8, 4) is 0 Å². The maximum Gasteiger partial charge on any atom is 0.249 e. The number of amides is 2. The number of carbonyl (C=O) groups is 2. The Morgan fingerprint density at radius 2 is 2.21 bits per heavy atom. The first-order chi connectivity index (χ1) is 9.06. The number of hydrogen-bond acceptors (Lipinski definition) is 3. The van der Waals surface area contributed by atoms with Crippen LogP contribution in [0.15, 0.2) is 18.2 Å². The molecule has 2 amide bonds. The largest absolute Gasteiger partial charge is 0.352 e. The molecule has 19 heavy (non-hydrogen) atoms. The minimum atomic E-state index is -0.734. The Morgan fingerprint density at radius 1 is 1.47 bits per heavy atom. The Kier molecular flexibility index (Phi) is 2.95. The Bertz CT molecular complexity index is 557. The van der Waals surface area contributed by atoms with Gasteiger partial charge in [0.2, 0.25) is 11.8 Å². The summed E-state index contributed by atoms with van der Waals surface area (Å²) >= 11 is 5.90. The van der Waals surface area contributed by atoms with Crippen LogP contribution in [0.2, 0.25) is 5.02 Å². The first-order valence-electron chi connectivity index (χ1n) is 6.22. The predicted molar refractivity (Wildman–Crippen MR) is 71.9 cm³/mol. The Balaban J connectivity index is 1.82. The Hall–Kier alpha value is -1.59. The molecule has 0 saturated heterocycles. The number of nitrogens with one attached hydrogen (secondary N) is 1. The summed E-state index contributed by atoms with van der Waals surface area (Å²) < 4.78 is 0. The van der Waals surface area contributed by atoms with E-state index in [9.17, 15) is 9.59 Å². The number of carbonyl (C=O) groups excluding carboxylic acids is 2. The van der Waals surface area contributed by atoms with Crippen LogP contribution in [0.25, 0.3) is 0 Å². The molecule has 1 aromatic carbocycles. The van der Waals surface area contributed by atoms with E-state index < -0.39 is 6.04 Å². The second-order valence-electron chi connectivity index (χ2n) is 4.95. The summed E-state index contributed by atoms with van der Waals surface area (Å²) in [5, 5.41) is 3.39. The van der Waals surface area contributed by atoms with Crippen LogP contribution < -0.4 is 16.0 Å². The lowest BCUT2D eigenvalue weighted by Gasteiger charge is -2.17. The number of hydrogen-bond donors (Lipinski definition) is 2. The van der Waals surface area contributed by atoms with Crippen molar-refractivity contribution in [2.24, 2.45) is 5.73 Å². The second-order valence-corrected chi connectivity index (χ2v) is 5.38. The quantitative estimate of drug-likeness (QED) is 0.865. The Morgan fingerprint density at radius 3 is 2.89 bits per heavy atom. The lowest BCUT2D eigenvalue weighted by Crippen LogP contribution is -2.41. The molecule has 1 aliphatic carbocycles. The van der Waals surface area contributed by atoms with Crippen molar-refractivity contribution < 1.29 is 9.59 Å². The number of anilines is 1. The molecule has 5 nitrogen and oxygen atoms in total. The number of rotatable bonds is 3. The van der Waals surface area contributed by atoms with Crippen LogP contribution in [-0.4, -0.2) is 24.4 Å². The summed E-state index contributed by atoms with van der Waals surface area (Å²) in [5.41, 5.74) is 7.21. The normalized spacial score (nSPS) is 21.5. The molecule has 3 rings (SSSR count). The summed E-state index contributed by atoms with van der Waals surface area (Å²) in [7, 11) is 0. The van der Waals surface area contributed by atoms with Gasteiger partial charge in [0, 0.05) is 22.3 Å². The lowest BCUT2D eigenvalue weighted by atomic mass is 10.1. The molecule has 1 saturated carbocycles. The van der Waals surface area contributed by atoms with Gasteiger partial charge in [-0.3, -0.25) is 9.59 Å². The van der Waals surface area contributed by atoms with E-state index in [1.807, 2.05) is 0 Å². The molecule has 1 aliphatic heterocycles. The van der Waals surface area contributed by atoms with Crippen LogP contribution in [-0.2, 0) is 9.59 Å². The molecule has 0 spiro atoms. The van der Waals surface area contributed by atoms with Gasteiger partial charge in [0.1, 0.15) is 12.6 Å². The molecule has 1 heterocycles. The molecule has 1 atom stereocenters. The molecule has 0 bridgehead atoms. The molecule has 2 aliphatic rings. The highest BCUT2D eigenvalue weighted by Crippen LogP contribution is 2.36. The minimum Gasteiger partial charge on any atom is -0.352 e. The van der Waals surface area contributed by atoms with Gasteiger partial charge in [-0.2, -0.15) is 0 Å². The third kappa shape index (κ3) is 2.31. The Labute approximate surface area is 115 Å². The molecule has 1 unspecified atom stereocenters. The highest BCUT2D eigenvalue weighted by molar-refractivity contribution is 6.31. The van der Waals surface area contributed by atoms with E-state index in [1.165, 1.54) is 4.90 Å². The standard InChI is InChI=1S/C13H14ClN3O2/c14-7-1-4-10-9(5-7)12(15)13(19)17(10)6-11(18)16-8-2-3-8/h1,4-5,8,12H,2-3,6,15H2,(H,16,18). The zero-order valence-electron chi connectivity index (χ0n) is 10.2. The zero-order valence-corrected chi connectivity index (χ0v) is 11.0. The zero-order chi connectivity index (χ0) is 13.6. The molecule has 0 radical (unpaired) electrons. The molecule has 3 N–H and O–H groups in total. The van der Waals surface area contributed by atoms with Gasteiger partial charge in [0.25, 0.3) is 0 Å². The van der Waals surface area contributed by atoms with E-state index in [2.05, 4.69) is 5.32 Å². The van der Waals surface area contributed by atoms with Gasteiger partial charge in [-0.15, -0.1) is 0 Å². The molecule has 1 fully saturated rings. The van der Waals surface area contributed by atoms with Crippen LogP contribution in [0.3, 0.4) is 0 Å². The number of benzene rings is 1. The number of nitrogens with zero attached hydrogens (tertiary/aromatic N) is 1. The molecule has 6 heteroatoms. The number of halogens is 1. The van der Waals surface area contributed by atoms with Crippen LogP contribution in [0.1, 0.15) is 24.4 Å². The van der Waals surface area contributed by atoms with Gasteiger partial charge in [-0.1, -0.05) is 11.6 Å². The van der Waals surface area contributed by atoms with Crippen LogP contribution in [0.5, 0.6) is 0 Å². The molecule has 100 valence electrons. The summed E-state index contributed by atoms with van der Waals surface area (Å²) in [4.78, 5) is 25.3. The topological polar surface area (TPSA) is 75.4 Å². The van der Waals surface area contributed by atoms with Crippen molar-refractivity contribution in [1.29, 1.82) is 0 Å². The van der Waals surface area contributed by atoms with Crippen molar-refractivity contribution >= 4 is 29.1 Å². The molecular formula is C13H14ClN3O2. The second kappa shape index (κ2) is 4.51. The van der Waals surface area contributed by atoms with Gasteiger partial charge in [-0.25, -0.2) is 0 Å². The fourth-order valence-electron chi connectivity index (χ4n) is 2.25. The van der Waals surface area contributed by atoms with Gasteiger partial charge < -0.3 is 16.0 Å². The van der Waals surface area contributed by atoms with E-state index in [1.54, 1.807) is 18.2 Å². The highest BCUT2D eigenvalue weighted by Gasteiger charge is 2.36. The third-order valence-electron chi connectivity index (χ3n) is 3.39. The minimum absolute atomic E-state index is 0.0116. The SMILES string of the molecule is NC1C(=O)N(CC(=O)NC2CC2)c2ccc(Cl)cc21. The lowest BCUT2D eigenvalue weighted by molar-refractivity contribution is -0.124. The average Bonchev–Trinajstić information content (AvgIpc) is 3.14. The smallest absolute Gasteiger partial charge is 0.249 e. The number of fused-ring (bicyclic) bond motifs is 1. The van der Waals surface area contributed by atoms with Crippen molar-refractivity contribution in [2.45, 2.75) is 24.9 Å². The van der Waals surface area contributed by atoms with Crippen LogP contribution in [0.4, 0.5) is 5.69 Å². The fraction of sp³-hybridized carbons (Fsp3) is 0.385. The van der Waals surface area contributed by atoms with E-state index in [4.69, 9.17) is 17.3 Å². The summed E-state index contributed by atoms with van der Waals surface area (Å²) in [6.07, 6.45) is 2.04. The van der Waals surface area contributed by atoms with Crippen LogP contribution >= 0.6 is 11.6 Å². The van der Waals surface area contributed by atoms with E-state index in [0.717, 1.165) is 12.8 Å². The van der Waals surface area contributed by atoms with E-state index >= 15 is 0 Å². The molecule has 0 aromatic heterocycles. The first-order valence-corrected chi connectivity index (χ1v) is 6.60. The van der Waals surface area contributed by atoms with Gasteiger partial charge in [0.05, 0.1) is 0 Å². The number of nitrogens with two attached hydrogens (primary N) is 1. The highest BCUT2D eigenvalue weighted by atomic mass is 35.5. The third-order valence-corrected chi connectivity index (χ3v) is 3.63. The summed E-state index contributed by atoms with van der Waals surface area (Å²) in [6, 6.07) is 4.65. The fourth-order valence-corrected chi connectivity index (χ4v) is 2.43. The maximum atomic E-state index is 12.1. The van der Waals surface area contributed by atoms with Crippen molar-refractivity contribution in [3.05, 3.63) is 28.8 Å². The van der Waals surface area contributed by atoms with Crippen molar-refractivity contribution in [1.82, 2.24) is 5.32 Å².